The van der Waals surface area contributed by atoms with Gasteiger partial charge in [-0.2, -0.15) is 0 Å². The summed E-state index contributed by atoms with van der Waals surface area (Å²) in [5, 5.41) is 0. The van der Waals surface area contributed by atoms with E-state index in [0.29, 0.717) is 6.42 Å². The Morgan fingerprint density at radius 3 is 2.48 bits per heavy atom. The average molecular weight is 364 g/mol. The van der Waals surface area contributed by atoms with Crippen LogP contribution in [0.5, 0.6) is 0 Å². The van der Waals surface area contributed by atoms with E-state index in [1.165, 1.54) is 22.4 Å². The summed E-state index contributed by atoms with van der Waals surface area (Å²) in [4.78, 5) is 17.2. The number of hydrogen-bond donors (Lipinski definition) is 0. The van der Waals surface area contributed by atoms with E-state index in [9.17, 15) is 4.79 Å². The van der Waals surface area contributed by atoms with Gasteiger partial charge in [-0.3, -0.25) is 4.79 Å². The van der Waals surface area contributed by atoms with Crippen LogP contribution in [-0.4, -0.2) is 43.2 Å². The number of nitrogens with zero attached hydrogens (tertiary/aromatic N) is 2. The van der Waals surface area contributed by atoms with Crippen LogP contribution in [0.4, 0.5) is 5.69 Å². The summed E-state index contributed by atoms with van der Waals surface area (Å²) in [6.45, 7) is 7.56. The van der Waals surface area contributed by atoms with Crippen LogP contribution in [0, 0.1) is 0 Å². The molecular formula is C23H28N2O2. The van der Waals surface area contributed by atoms with Gasteiger partial charge in [-0.05, 0) is 42.2 Å². The minimum absolute atomic E-state index is 0.00357. The number of anilines is 1. The maximum atomic E-state index is 12.8. The maximum Gasteiger partial charge on any atom is 0.223 e. The van der Waals surface area contributed by atoms with Crippen LogP contribution in [0.15, 0.2) is 48.5 Å². The number of ether oxygens (including phenoxy) is 1. The molecule has 1 unspecified atom stereocenters. The Balaban J connectivity index is 1.71. The minimum Gasteiger partial charge on any atom is -0.378 e. The van der Waals surface area contributed by atoms with Crippen LogP contribution in [0.3, 0.4) is 0 Å². The molecule has 2 aliphatic heterocycles. The molecule has 4 heteroatoms. The summed E-state index contributed by atoms with van der Waals surface area (Å²) >= 11 is 0. The van der Waals surface area contributed by atoms with E-state index < -0.39 is 0 Å². The molecule has 0 bridgehead atoms. The number of carbonyl (C=O) groups is 1. The lowest BCUT2D eigenvalue weighted by Gasteiger charge is -2.42. The third-order valence-corrected chi connectivity index (χ3v) is 5.79. The van der Waals surface area contributed by atoms with Crippen molar-refractivity contribution in [3.63, 3.8) is 0 Å². The summed E-state index contributed by atoms with van der Waals surface area (Å²) in [6.07, 6.45) is 1.46. The third kappa shape index (κ3) is 3.46. The summed E-state index contributed by atoms with van der Waals surface area (Å²) in [5.41, 5.74) is 5.03. The first-order valence-electron chi connectivity index (χ1n) is 10.0. The fourth-order valence-corrected chi connectivity index (χ4v) is 4.41. The zero-order chi connectivity index (χ0) is 18.8. The number of morpholine rings is 1. The van der Waals surface area contributed by atoms with Gasteiger partial charge in [0, 0.05) is 31.2 Å². The molecule has 0 N–H and O–H groups in total. The molecule has 4 rings (SSSR count). The molecule has 2 atom stereocenters. The molecular weight excluding hydrogens is 336 g/mol. The average Bonchev–Trinajstić information content (AvgIpc) is 2.73. The van der Waals surface area contributed by atoms with Crippen LogP contribution in [-0.2, 0) is 16.0 Å². The number of carbonyl (C=O) groups excluding carboxylic acids is 1. The smallest absolute Gasteiger partial charge is 0.223 e. The molecule has 1 saturated heterocycles. The Hall–Kier alpha value is -2.33. The van der Waals surface area contributed by atoms with Crippen LogP contribution < -0.4 is 4.90 Å². The van der Waals surface area contributed by atoms with Crippen molar-refractivity contribution in [1.82, 2.24) is 4.90 Å². The van der Waals surface area contributed by atoms with Gasteiger partial charge >= 0.3 is 0 Å². The van der Waals surface area contributed by atoms with Crippen molar-refractivity contribution >= 4 is 11.6 Å². The normalized spacial score (nSPS) is 22.4. The van der Waals surface area contributed by atoms with Gasteiger partial charge in [-0.15, -0.1) is 0 Å². The summed E-state index contributed by atoms with van der Waals surface area (Å²) in [6, 6.07) is 17.5. The van der Waals surface area contributed by atoms with E-state index in [1.54, 1.807) is 0 Å². The Bertz CT molecular complexity index is 796. The highest BCUT2D eigenvalue weighted by atomic mass is 16.5. The standard InChI is InChI=1S/C23H28N2O2/c1-3-22(26)25-17(2)16-19-6-4-5-7-21(19)23(25)18-8-10-20(11-9-18)24-12-14-27-15-13-24/h4-11,17,23H,3,12-16H2,1-2H3/t17-,23?/m0/s1. The van der Waals surface area contributed by atoms with Gasteiger partial charge in [-0.1, -0.05) is 43.3 Å². The van der Waals surface area contributed by atoms with Crippen LogP contribution in [0.25, 0.3) is 0 Å². The molecule has 0 radical (unpaired) electrons. The molecule has 142 valence electrons. The third-order valence-electron chi connectivity index (χ3n) is 5.79. The minimum atomic E-state index is -0.00357. The highest BCUT2D eigenvalue weighted by Gasteiger charge is 2.35. The fraction of sp³-hybridized carbons (Fsp3) is 0.435. The first-order valence-corrected chi connectivity index (χ1v) is 10.0. The summed E-state index contributed by atoms with van der Waals surface area (Å²) in [5.74, 6) is 0.222. The van der Waals surface area contributed by atoms with Crippen molar-refractivity contribution in [3.8, 4) is 0 Å². The zero-order valence-corrected chi connectivity index (χ0v) is 16.2. The second-order valence-corrected chi connectivity index (χ2v) is 7.50. The summed E-state index contributed by atoms with van der Waals surface area (Å²) < 4.78 is 5.46. The molecule has 0 aromatic heterocycles. The van der Waals surface area contributed by atoms with E-state index in [0.717, 1.165) is 32.7 Å². The Kier molecular flexibility index (Phi) is 5.17. The molecule has 2 aliphatic rings. The lowest BCUT2D eigenvalue weighted by Crippen LogP contribution is -2.46. The monoisotopic (exact) mass is 364 g/mol. The van der Waals surface area contributed by atoms with E-state index >= 15 is 0 Å². The van der Waals surface area contributed by atoms with E-state index in [4.69, 9.17) is 4.74 Å². The Morgan fingerprint density at radius 2 is 1.78 bits per heavy atom. The van der Waals surface area contributed by atoms with Crippen LogP contribution in [0.1, 0.15) is 43.0 Å². The highest BCUT2D eigenvalue weighted by Crippen LogP contribution is 2.38. The van der Waals surface area contributed by atoms with Crippen molar-refractivity contribution in [2.75, 3.05) is 31.2 Å². The van der Waals surface area contributed by atoms with E-state index in [1.807, 2.05) is 6.92 Å². The topological polar surface area (TPSA) is 32.8 Å². The van der Waals surface area contributed by atoms with Crippen LogP contribution in [0.2, 0.25) is 0 Å². The number of rotatable bonds is 3. The first-order chi connectivity index (χ1) is 13.2. The molecule has 2 aromatic carbocycles. The number of amides is 1. The van der Waals surface area contributed by atoms with Crippen molar-refractivity contribution in [2.45, 2.75) is 38.8 Å². The molecule has 1 amide bonds. The van der Waals surface area contributed by atoms with Gasteiger partial charge in [0.25, 0.3) is 0 Å². The molecule has 4 nitrogen and oxygen atoms in total. The summed E-state index contributed by atoms with van der Waals surface area (Å²) in [7, 11) is 0. The van der Waals surface area contributed by atoms with Crippen molar-refractivity contribution < 1.29 is 9.53 Å². The van der Waals surface area contributed by atoms with E-state index in [2.05, 4.69) is 65.3 Å². The quantitative estimate of drug-likeness (QED) is 0.831. The van der Waals surface area contributed by atoms with Gasteiger partial charge in [0.05, 0.1) is 19.3 Å². The Labute approximate surface area is 161 Å². The maximum absolute atomic E-state index is 12.8. The van der Waals surface area contributed by atoms with Crippen molar-refractivity contribution in [3.05, 3.63) is 65.2 Å². The van der Waals surface area contributed by atoms with Crippen molar-refractivity contribution in [1.29, 1.82) is 0 Å². The fourth-order valence-electron chi connectivity index (χ4n) is 4.41. The largest absolute Gasteiger partial charge is 0.378 e. The van der Waals surface area contributed by atoms with E-state index in [-0.39, 0.29) is 18.0 Å². The number of benzene rings is 2. The second-order valence-electron chi connectivity index (χ2n) is 7.50. The lowest BCUT2D eigenvalue weighted by atomic mass is 9.85. The van der Waals surface area contributed by atoms with Gasteiger partial charge < -0.3 is 14.5 Å². The molecule has 0 aliphatic carbocycles. The van der Waals surface area contributed by atoms with Crippen molar-refractivity contribution in [2.24, 2.45) is 0 Å². The number of fused-ring (bicyclic) bond motifs is 1. The molecule has 1 fully saturated rings. The zero-order valence-electron chi connectivity index (χ0n) is 16.2. The Morgan fingerprint density at radius 1 is 1.07 bits per heavy atom. The predicted octanol–water partition coefficient (Wildman–Crippen LogP) is 3.80. The van der Waals surface area contributed by atoms with Gasteiger partial charge in [-0.25, -0.2) is 0 Å². The molecule has 2 aromatic rings. The van der Waals surface area contributed by atoms with Crippen LogP contribution >= 0.6 is 0 Å². The molecule has 0 saturated carbocycles. The SMILES string of the molecule is CCC(=O)N1C(c2ccc(N3CCOCC3)cc2)c2ccccc2C[C@@H]1C. The number of hydrogen-bond acceptors (Lipinski definition) is 3. The van der Waals surface area contributed by atoms with Gasteiger partial charge in [0.2, 0.25) is 5.91 Å². The lowest BCUT2D eigenvalue weighted by molar-refractivity contribution is -0.135. The first kappa shape index (κ1) is 18.1. The molecule has 0 spiro atoms. The van der Waals surface area contributed by atoms with Gasteiger partial charge in [0.1, 0.15) is 0 Å². The van der Waals surface area contributed by atoms with Gasteiger partial charge in [0.15, 0.2) is 0 Å². The highest BCUT2D eigenvalue weighted by molar-refractivity contribution is 5.78. The second kappa shape index (κ2) is 7.73. The predicted molar refractivity (Wildman–Crippen MR) is 108 cm³/mol. The molecule has 2 heterocycles. The molecule has 27 heavy (non-hydrogen) atoms.